The summed E-state index contributed by atoms with van der Waals surface area (Å²) in [7, 11) is 0. The molecule has 5 nitrogen and oxygen atoms in total. The predicted octanol–water partition coefficient (Wildman–Crippen LogP) is 1.64. The first-order valence-corrected chi connectivity index (χ1v) is 9.19. The Labute approximate surface area is 140 Å². The Balaban J connectivity index is 1.49. The summed E-state index contributed by atoms with van der Waals surface area (Å²) in [5, 5.41) is 10.2. The second kappa shape index (κ2) is 6.69. The standard InChI is InChI=1S/C18H32N2O3/c1-18(2,3)23-12-15(21)11-19-9-8-16-13(10-19)4-7-17(22)20(16)14-5-6-14/h13-16,21H,4-12H2,1-3H3. The highest BCUT2D eigenvalue weighted by molar-refractivity contribution is 5.78. The molecule has 132 valence electrons. The van der Waals surface area contributed by atoms with Crippen molar-refractivity contribution in [3.05, 3.63) is 0 Å². The fraction of sp³-hybridized carbons (Fsp3) is 0.944. The maximum atomic E-state index is 12.2. The maximum absolute atomic E-state index is 12.2. The molecule has 1 saturated carbocycles. The summed E-state index contributed by atoms with van der Waals surface area (Å²) < 4.78 is 5.68. The van der Waals surface area contributed by atoms with Gasteiger partial charge < -0.3 is 19.6 Å². The third-order valence-electron chi connectivity index (χ3n) is 5.27. The molecule has 0 spiro atoms. The molecule has 23 heavy (non-hydrogen) atoms. The van der Waals surface area contributed by atoms with Crippen LogP contribution >= 0.6 is 0 Å². The molecule has 0 bridgehead atoms. The molecule has 1 N–H and O–H groups in total. The van der Waals surface area contributed by atoms with Crippen LogP contribution in [0.4, 0.5) is 0 Å². The molecular formula is C18H32N2O3. The molecule has 0 radical (unpaired) electrons. The Morgan fingerprint density at radius 2 is 2.00 bits per heavy atom. The Morgan fingerprint density at radius 1 is 1.26 bits per heavy atom. The van der Waals surface area contributed by atoms with E-state index in [1.54, 1.807) is 0 Å². The van der Waals surface area contributed by atoms with Crippen LogP contribution in [-0.2, 0) is 9.53 Å². The number of amides is 1. The number of carbonyl (C=O) groups excluding carboxylic acids is 1. The van der Waals surface area contributed by atoms with Crippen molar-refractivity contribution in [2.45, 2.75) is 76.7 Å². The normalized spacial score (nSPS) is 31.1. The van der Waals surface area contributed by atoms with Crippen molar-refractivity contribution in [3.63, 3.8) is 0 Å². The van der Waals surface area contributed by atoms with Crippen molar-refractivity contribution in [1.82, 2.24) is 9.80 Å². The highest BCUT2D eigenvalue weighted by atomic mass is 16.5. The second-order valence-corrected chi connectivity index (χ2v) is 8.52. The third-order valence-corrected chi connectivity index (χ3v) is 5.27. The lowest BCUT2D eigenvalue weighted by Gasteiger charge is -2.47. The Hall–Kier alpha value is -0.650. The van der Waals surface area contributed by atoms with Crippen molar-refractivity contribution in [2.24, 2.45) is 5.92 Å². The SMILES string of the molecule is CC(C)(C)OCC(O)CN1CCC2C(CCC(=O)N2C2CC2)C1. The van der Waals surface area contributed by atoms with Crippen LogP contribution in [0.1, 0.15) is 52.9 Å². The lowest BCUT2D eigenvalue weighted by Crippen LogP contribution is -2.57. The van der Waals surface area contributed by atoms with Gasteiger partial charge >= 0.3 is 0 Å². The van der Waals surface area contributed by atoms with E-state index in [0.717, 1.165) is 25.9 Å². The van der Waals surface area contributed by atoms with Crippen LogP contribution in [0, 0.1) is 5.92 Å². The molecule has 2 aliphatic heterocycles. The van der Waals surface area contributed by atoms with E-state index in [1.165, 1.54) is 12.8 Å². The molecular weight excluding hydrogens is 292 g/mol. The number of β-amino-alcohol motifs (C(OH)–C–C–N with tert-alkyl or cyclic N) is 1. The van der Waals surface area contributed by atoms with Gasteiger partial charge in [0.2, 0.25) is 5.91 Å². The van der Waals surface area contributed by atoms with Gasteiger partial charge in [-0.3, -0.25) is 4.79 Å². The van der Waals surface area contributed by atoms with Gasteiger partial charge in [0.05, 0.1) is 18.3 Å². The summed E-state index contributed by atoms with van der Waals surface area (Å²) in [5.41, 5.74) is -0.206. The summed E-state index contributed by atoms with van der Waals surface area (Å²) in [6, 6.07) is 0.982. The van der Waals surface area contributed by atoms with Crippen molar-refractivity contribution < 1.29 is 14.6 Å². The van der Waals surface area contributed by atoms with E-state index in [9.17, 15) is 9.90 Å². The van der Waals surface area contributed by atoms with Gasteiger partial charge in [-0.1, -0.05) is 0 Å². The molecule has 5 heteroatoms. The number of fused-ring (bicyclic) bond motifs is 1. The van der Waals surface area contributed by atoms with Gasteiger partial charge in [0, 0.05) is 38.1 Å². The van der Waals surface area contributed by atoms with Crippen molar-refractivity contribution in [1.29, 1.82) is 0 Å². The summed E-state index contributed by atoms with van der Waals surface area (Å²) in [6.45, 7) is 9.08. The van der Waals surface area contributed by atoms with E-state index in [2.05, 4.69) is 9.80 Å². The van der Waals surface area contributed by atoms with Crippen LogP contribution < -0.4 is 0 Å². The van der Waals surface area contributed by atoms with Crippen molar-refractivity contribution >= 4 is 5.91 Å². The van der Waals surface area contributed by atoms with E-state index in [4.69, 9.17) is 4.74 Å². The van der Waals surface area contributed by atoms with Gasteiger partial charge in [-0.05, 0) is 52.4 Å². The number of piperidine rings is 2. The van der Waals surface area contributed by atoms with Gasteiger partial charge in [0.15, 0.2) is 0 Å². The lowest BCUT2D eigenvalue weighted by molar-refractivity contribution is -0.142. The van der Waals surface area contributed by atoms with Crippen molar-refractivity contribution in [2.75, 3.05) is 26.2 Å². The topological polar surface area (TPSA) is 53.0 Å². The van der Waals surface area contributed by atoms with Gasteiger partial charge in [-0.15, -0.1) is 0 Å². The number of carbonyl (C=O) groups is 1. The van der Waals surface area contributed by atoms with Gasteiger partial charge in [-0.25, -0.2) is 0 Å². The number of likely N-dealkylation sites (tertiary alicyclic amines) is 2. The summed E-state index contributed by atoms with van der Waals surface area (Å²) in [4.78, 5) is 16.8. The molecule has 2 heterocycles. The molecule has 3 rings (SSSR count). The van der Waals surface area contributed by atoms with Crippen LogP contribution in [0.3, 0.4) is 0 Å². The predicted molar refractivity (Wildman–Crippen MR) is 89.1 cm³/mol. The van der Waals surface area contributed by atoms with Crippen LogP contribution in [0.2, 0.25) is 0 Å². The number of ether oxygens (including phenoxy) is 1. The number of aliphatic hydroxyl groups excluding tert-OH is 1. The lowest BCUT2D eigenvalue weighted by atomic mass is 9.83. The largest absolute Gasteiger partial charge is 0.389 e. The van der Waals surface area contributed by atoms with E-state index in [-0.39, 0.29) is 5.60 Å². The molecule has 3 unspecified atom stereocenters. The van der Waals surface area contributed by atoms with Gasteiger partial charge in [0.1, 0.15) is 0 Å². The van der Waals surface area contributed by atoms with Gasteiger partial charge in [0.25, 0.3) is 0 Å². The van der Waals surface area contributed by atoms with E-state index >= 15 is 0 Å². The highest BCUT2D eigenvalue weighted by Crippen LogP contribution is 2.38. The maximum Gasteiger partial charge on any atom is 0.223 e. The monoisotopic (exact) mass is 324 g/mol. The Bertz CT molecular complexity index is 430. The summed E-state index contributed by atoms with van der Waals surface area (Å²) >= 11 is 0. The van der Waals surface area contributed by atoms with Crippen molar-refractivity contribution in [3.8, 4) is 0 Å². The second-order valence-electron chi connectivity index (χ2n) is 8.52. The molecule has 3 atom stereocenters. The Morgan fingerprint density at radius 3 is 2.65 bits per heavy atom. The van der Waals surface area contributed by atoms with Crippen LogP contribution in [0.15, 0.2) is 0 Å². The first-order chi connectivity index (χ1) is 10.8. The smallest absolute Gasteiger partial charge is 0.223 e. The average molecular weight is 324 g/mol. The van der Waals surface area contributed by atoms with E-state index in [1.807, 2.05) is 20.8 Å². The minimum Gasteiger partial charge on any atom is -0.389 e. The summed E-state index contributed by atoms with van der Waals surface area (Å²) in [5.74, 6) is 0.957. The Kier molecular flexibility index (Phi) is 5.00. The quantitative estimate of drug-likeness (QED) is 0.835. The van der Waals surface area contributed by atoms with E-state index in [0.29, 0.717) is 43.5 Å². The zero-order valence-corrected chi connectivity index (χ0v) is 14.8. The van der Waals surface area contributed by atoms with E-state index < -0.39 is 6.10 Å². The number of aliphatic hydroxyl groups is 1. The molecule has 1 aliphatic carbocycles. The van der Waals surface area contributed by atoms with Crippen LogP contribution in [-0.4, -0.2) is 70.8 Å². The fourth-order valence-corrected chi connectivity index (χ4v) is 4.06. The minimum atomic E-state index is -0.435. The molecule has 0 aromatic rings. The molecule has 2 saturated heterocycles. The number of hydrogen-bond acceptors (Lipinski definition) is 4. The molecule has 3 aliphatic rings. The van der Waals surface area contributed by atoms with Crippen LogP contribution in [0.25, 0.3) is 0 Å². The first kappa shape index (κ1) is 17.2. The zero-order valence-electron chi connectivity index (χ0n) is 14.8. The third kappa shape index (κ3) is 4.46. The fourth-order valence-electron chi connectivity index (χ4n) is 4.06. The minimum absolute atomic E-state index is 0.206. The first-order valence-electron chi connectivity index (χ1n) is 9.19. The highest BCUT2D eigenvalue weighted by Gasteiger charge is 2.45. The molecule has 0 aromatic carbocycles. The number of hydrogen-bond donors (Lipinski definition) is 1. The molecule has 3 fully saturated rings. The van der Waals surface area contributed by atoms with Crippen LogP contribution in [0.5, 0.6) is 0 Å². The average Bonchev–Trinajstić information content (AvgIpc) is 3.29. The number of nitrogens with zero attached hydrogens (tertiary/aromatic N) is 2. The number of rotatable bonds is 5. The molecule has 1 amide bonds. The zero-order chi connectivity index (χ0) is 16.6. The van der Waals surface area contributed by atoms with Gasteiger partial charge in [-0.2, -0.15) is 0 Å². The molecule has 0 aromatic heterocycles. The summed E-state index contributed by atoms with van der Waals surface area (Å²) in [6.07, 6.45) is 4.73.